The molecule has 1 fully saturated rings. The number of nitrogens with zero attached hydrogens (tertiary/aromatic N) is 3. The third-order valence-electron chi connectivity index (χ3n) is 3.92. The van der Waals surface area contributed by atoms with E-state index in [0.29, 0.717) is 24.8 Å². The minimum Gasteiger partial charge on any atom is -0.472 e. The molecule has 1 aromatic heterocycles. The van der Waals surface area contributed by atoms with Gasteiger partial charge in [-0.3, -0.25) is 15.4 Å². The molecule has 4 N–H and O–H groups in total. The van der Waals surface area contributed by atoms with Gasteiger partial charge in [-0.15, -0.1) is 0 Å². The number of carbonyl (C=O) groups excluding carboxylic acids is 1. The molecule has 1 unspecified atom stereocenters. The maximum atomic E-state index is 13.3. The summed E-state index contributed by atoms with van der Waals surface area (Å²) >= 11 is 5.68. The number of ether oxygens (including phenoxy) is 2. The Kier molecular flexibility index (Phi) is 6.93. The van der Waals surface area contributed by atoms with Crippen molar-refractivity contribution in [2.45, 2.75) is 6.04 Å². The maximum Gasteiger partial charge on any atom is 0.287 e. The lowest BCUT2D eigenvalue weighted by molar-refractivity contribution is -0.126. The first-order valence-electron chi connectivity index (χ1n) is 8.54. The van der Waals surface area contributed by atoms with Crippen molar-refractivity contribution in [3.63, 3.8) is 0 Å². The van der Waals surface area contributed by atoms with E-state index in [1.807, 2.05) is 0 Å². The van der Waals surface area contributed by atoms with Crippen LogP contribution >= 0.6 is 11.6 Å². The fourth-order valence-electron chi connectivity index (χ4n) is 2.44. The van der Waals surface area contributed by atoms with Gasteiger partial charge in [0.2, 0.25) is 11.6 Å². The normalized spacial score (nSPS) is 16.3. The van der Waals surface area contributed by atoms with Crippen LogP contribution in [0.25, 0.3) is 0 Å². The van der Waals surface area contributed by atoms with Crippen LogP contribution < -0.4 is 20.4 Å². The number of nitrogens with one attached hydrogen (secondary N) is 3. The number of anilines is 1. The van der Waals surface area contributed by atoms with Crippen molar-refractivity contribution in [3.05, 3.63) is 34.7 Å². The van der Waals surface area contributed by atoms with E-state index in [1.165, 1.54) is 6.07 Å². The van der Waals surface area contributed by atoms with Gasteiger partial charge in [-0.1, -0.05) is 11.6 Å². The number of amides is 1. The van der Waals surface area contributed by atoms with E-state index >= 15 is 0 Å². The van der Waals surface area contributed by atoms with Gasteiger partial charge in [0.1, 0.15) is 18.5 Å². The second-order valence-electron chi connectivity index (χ2n) is 5.90. The van der Waals surface area contributed by atoms with E-state index in [-0.39, 0.29) is 41.3 Å². The highest BCUT2D eigenvalue weighted by Gasteiger charge is 2.24. The standard InChI is InChI=1S/C16H18ClFN6O5/c17-10-7-9(1-2-11(10)18)24(26)14(19)13-16(23-29-22-13)28-6-4-21-15(25)12-8-27-5-3-20-12/h1-2,7,12,19-20,26H,3-6,8H2,(H,21,25). The highest BCUT2D eigenvalue weighted by atomic mass is 35.5. The van der Waals surface area contributed by atoms with Crippen LogP contribution in [0.2, 0.25) is 5.02 Å². The van der Waals surface area contributed by atoms with Gasteiger partial charge in [-0.2, -0.15) is 0 Å². The van der Waals surface area contributed by atoms with Gasteiger partial charge < -0.3 is 20.1 Å². The zero-order valence-electron chi connectivity index (χ0n) is 15.0. The van der Waals surface area contributed by atoms with Crippen molar-refractivity contribution in [1.82, 2.24) is 20.9 Å². The van der Waals surface area contributed by atoms with Gasteiger partial charge in [0.25, 0.3) is 5.88 Å². The zero-order valence-corrected chi connectivity index (χ0v) is 15.8. The molecule has 156 valence electrons. The molecule has 11 nitrogen and oxygen atoms in total. The van der Waals surface area contributed by atoms with Gasteiger partial charge >= 0.3 is 0 Å². The quantitative estimate of drug-likeness (QED) is 0.215. The highest BCUT2D eigenvalue weighted by molar-refractivity contribution is 6.31. The fourth-order valence-corrected chi connectivity index (χ4v) is 2.62. The SMILES string of the molecule is N=C(c1nonc1OCCNC(=O)C1COCCN1)N(O)c1ccc(F)c(Cl)c1. The number of hydrogen-bond donors (Lipinski definition) is 4. The third-order valence-corrected chi connectivity index (χ3v) is 4.21. The van der Waals surface area contributed by atoms with Crippen LogP contribution in [0, 0.1) is 11.2 Å². The van der Waals surface area contributed by atoms with Crippen molar-refractivity contribution in [1.29, 1.82) is 5.41 Å². The van der Waals surface area contributed by atoms with Gasteiger partial charge in [0.15, 0.2) is 5.84 Å². The predicted octanol–water partition coefficient (Wildman–Crippen LogP) is 0.567. The third kappa shape index (κ3) is 5.17. The van der Waals surface area contributed by atoms with Gasteiger partial charge in [-0.25, -0.2) is 14.1 Å². The Balaban J connectivity index is 1.53. The molecule has 0 saturated carbocycles. The summed E-state index contributed by atoms with van der Waals surface area (Å²) in [4.78, 5) is 12.0. The summed E-state index contributed by atoms with van der Waals surface area (Å²) in [5.41, 5.74) is -0.161. The molecular weight excluding hydrogens is 411 g/mol. The van der Waals surface area contributed by atoms with Crippen LogP contribution in [-0.2, 0) is 9.53 Å². The summed E-state index contributed by atoms with van der Waals surface area (Å²) in [7, 11) is 0. The number of aromatic nitrogens is 2. The van der Waals surface area contributed by atoms with Crippen LogP contribution in [0.1, 0.15) is 5.69 Å². The van der Waals surface area contributed by atoms with Crippen LogP contribution in [0.4, 0.5) is 10.1 Å². The second-order valence-corrected chi connectivity index (χ2v) is 6.31. The number of halogens is 2. The van der Waals surface area contributed by atoms with E-state index in [4.69, 9.17) is 26.5 Å². The molecule has 1 amide bonds. The number of amidine groups is 1. The molecule has 13 heteroatoms. The number of hydrogen-bond acceptors (Lipinski definition) is 9. The van der Waals surface area contributed by atoms with E-state index < -0.39 is 17.7 Å². The Morgan fingerprint density at radius 2 is 2.34 bits per heavy atom. The Hall–Kier alpha value is -2.80. The Morgan fingerprint density at radius 1 is 1.52 bits per heavy atom. The molecule has 2 aromatic rings. The molecule has 1 saturated heterocycles. The van der Waals surface area contributed by atoms with Crippen molar-refractivity contribution in [2.24, 2.45) is 0 Å². The van der Waals surface area contributed by atoms with Crippen LogP contribution in [-0.4, -0.2) is 66.2 Å². The zero-order chi connectivity index (χ0) is 20.8. The Morgan fingerprint density at radius 3 is 3.07 bits per heavy atom. The monoisotopic (exact) mass is 428 g/mol. The van der Waals surface area contributed by atoms with Crippen molar-refractivity contribution in [2.75, 3.05) is 38.0 Å². The molecule has 3 rings (SSSR count). The smallest absolute Gasteiger partial charge is 0.287 e. The summed E-state index contributed by atoms with van der Waals surface area (Å²) in [5, 5.41) is 31.2. The first-order valence-corrected chi connectivity index (χ1v) is 8.92. The molecule has 0 radical (unpaired) electrons. The molecule has 1 atom stereocenters. The summed E-state index contributed by atoms with van der Waals surface area (Å²) in [6.07, 6.45) is 0. The molecule has 29 heavy (non-hydrogen) atoms. The topological polar surface area (TPSA) is 146 Å². The molecule has 0 bridgehead atoms. The number of morpholine rings is 1. The molecule has 0 spiro atoms. The molecular formula is C16H18ClFN6O5. The molecule has 2 heterocycles. The number of rotatable bonds is 7. The van der Waals surface area contributed by atoms with Crippen molar-refractivity contribution >= 4 is 29.0 Å². The van der Waals surface area contributed by atoms with Crippen LogP contribution in [0.5, 0.6) is 5.88 Å². The van der Waals surface area contributed by atoms with Crippen LogP contribution in [0.15, 0.2) is 22.8 Å². The average Bonchev–Trinajstić information content (AvgIpc) is 3.21. The molecule has 0 aliphatic carbocycles. The second kappa shape index (κ2) is 9.60. The fraction of sp³-hybridized carbons (Fsp3) is 0.375. The first-order chi connectivity index (χ1) is 14.0. The maximum absolute atomic E-state index is 13.3. The lowest BCUT2D eigenvalue weighted by Gasteiger charge is -2.22. The Bertz CT molecular complexity index is 875. The predicted molar refractivity (Wildman–Crippen MR) is 97.9 cm³/mol. The lowest BCUT2D eigenvalue weighted by atomic mass is 10.2. The number of carbonyl (C=O) groups is 1. The van der Waals surface area contributed by atoms with E-state index in [2.05, 4.69) is 25.6 Å². The largest absolute Gasteiger partial charge is 0.472 e. The average molecular weight is 429 g/mol. The minimum atomic E-state index is -0.667. The van der Waals surface area contributed by atoms with Crippen LogP contribution in [0.3, 0.4) is 0 Å². The molecule has 1 aliphatic rings. The van der Waals surface area contributed by atoms with E-state index in [9.17, 15) is 14.4 Å². The van der Waals surface area contributed by atoms with Gasteiger partial charge in [-0.05, 0) is 28.5 Å². The minimum absolute atomic E-state index is 0.0155. The lowest BCUT2D eigenvalue weighted by Crippen LogP contribution is -2.51. The summed E-state index contributed by atoms with van der Waals surface area (Å²) in [6, 6.07) is 2.98. The number of benzene rings is 1. The highest BCUT2D eigenvalue weighted by Crippen LogP contribution is 2.24. The van der Waals surface area contributed by atoms with Crippen molar-refractivity contribution < 1.29 is 28.5 Å². The number of hydroxylamine groups is 1. The van der Waals surface area contributed by atoms with Gasteiger partial charge in [0.05, 0.1) is 30.5 Å². The summed E-state index contributed by atoms with van der Waals surface area (Å²) < 4.78 is 28.4. The van der Waals surface area contributed by atoms with Gasteiger partial charge in [0, 0.05) is 6.54 Å². The summed E-state index contributed by atoms with van der Waals surface area (Å²) in [5.74, 6) is -1.58. The Labute approximate surface area is 169 Å². The summed E-state index contributed by atoms with van der Waals surface area (Å²) in [6.45, 7) is 1.63. The molecule has 1 aliphatic heterocycles. The van der Waals surface area contributed by atoms with E-state index in [0.717, 1.165) is 12.1 Å². The van der Waals surface area contributed by atoms with Crippen molar-refractivity contribution in [3.8, 4) is 5.88 Å². The first kappa shape index (κ1) is 20.9. The molecule has 1 aromatic carbocycles. The van der Waals surface area contributed by atoms with E-state index in [1.54, 1.807) is 0 Å².